The highest BCUT2D eigenvalue weighted by atomic mass is 32.3. The van der Waals surface area contributed by atoms with Crippen molar-refractivity contribution in [2.75, 3.05) is 12.5 Å². The zero-order chi connectivity index (χ0) is 14.0. The third-order valence-electron chi connectivity index (χ3n) is 1.70. The van der Waals surface area contributed by atoms with Crippen molar-refractivity contribution in [2.24, 2.45) is 0 Å². The third-order valence-corrected chi connectivity index (χ3v) is 5.26. The van der Waals surface area contributed by atoms with E-state index in [1.165, 1.54) is 13.8 Å². The van der Waals surface area contributed by atoms with Crippen LogP contribution in [-0.2, 0) is 24.8 Å². The number of hydrogen-bond donors (Lipinski definition) is 1. The number of nitrogens with zero attached hydrogens (tertiary/aromatic N) is 1. The largest absolute Gasteiger partial charge is 0.335 e. The third kappa shape index (κ3) is 4.84. The maximum Gasteiger partial charge on any atom is 0.247 e. The quantitative estimate of drug-likeness (QED) is 0.528. The Morgan fingerprint density at radius 3 is 1.76 bits per heavy atom. The summed E-state index contributed by atoms with van der Waals surface area (Å²) in [5.41, 5.74) is 0.152. The molecule has 100 valence electrons. The highest BCUT2D eigenvalue weighted by molar-refractivity contribution is 8.03. The van der Waals surface area contributed by atoms with Gasteiger partial charge in [-0.15, -0.1) is 0 Å². The molecule has 1 unspecified atom stereocenters. The molecule has 0 rings (SSSR count). The van der Waals surface area contributed by atoms with Crippen LogP contribution in [-0.4, -0.2) is 45.1 Å². The van der Waals surface area contributed by atoms with E-state index in [9.17, 15) is 21.6 Å². The Morgan fingerprint density at radius 2 is 1.53 bits per heavy atom. The zero-order valence-electron chi connectivity index (χ0n) is 10.1. The Hall–Kier alpha value is -0.930. The fourth-order valence-electron chi connectivity index (χ4n) is 1.19. The van der Waals surface area contributed by atoms with Crippen LogP contribution in [0.4, 0.5) is 0 Å². The number of sulfonamides is 2. The number of carbonyl (C=O) groups is 1. The van der Waals surface area contributed by atoms with Gasteiger partial charge in [0.1, 0.15) is 6.17 Å². The van der Waals surface area contributed by atoms with Gasteiger partial charge in [-0.2, -0.15) is 0 Å². The smallest absolute Gasteiger partial charge is 0.247 e. The second-order valence-electron chi connectivity index (χ2n) is 3.68. The summed E-state index contributed by atoms with van der Waals surface area (Å²) in [7, 11) is -7.98. The van der Waals surface area contributed by atoms with E-state index in [4.69, 9.17) is 0 Å². The molecule has 0 aliphatic rings. The van der Waals surface area contributed by atoms with Crippen molar-refractivity contribution in [3.8, 4) is 0 Å². The zero-order valence-corrected chi connectivity index (χ0v) is 11.7. The van der Waals surface area contributed by atoms with Crippen LogP contribution >= 0.6 is 0 Å². The van der Waals surface area contributed by atoms with E-state index in [0.29, 0.717) is 0 Å². The van der Waals surface area contributed by atoms with Crippen LogP contribution in [0.5, 0.6) is 0 Å². The molecule has 0 aliphatic carbocycles. The first kappa shape index (κ1) is 16.1. The molecule has 0 aromatic carbocycles. The maximum atomic E-state index is 11.3. The topological polar surface area (TPSA) is 101 Å². The van der Waals surface area contributed by atoms with E-state index in [1.54, 1.807) is 0 Å². The molecule has 0 saturated heterocycles. The van der Waals surface area contributed by atoms with E-state index in [2.05, 4.69) is 11.9 Å². The van der Waals surface area contributed by atoms with Crippen molar-refractivity contribution >= 4 is 26.0 Å². The molecule has 1 N–H and O–H groups in total. The van der Waals surface area contributed by atoms with Crippen LogP contribution in [0, 0.1) is 0 Å². The maximum absolute atomic E-state index is 11.3. The van der Waals surface area contributed by atoms with Gasteiger partial charge in [0.05, 0.1) is 12.5 Å². The van der Waals surface area contributed by atoms with Gasteiger partial charge in [-0.3, -0.25) is 4.79 Å². The van der Waals surface area contributed by atoms with E-state index < -0.39 is 32.1 Å². The molecule has 1 amide bonds. The van der Waals surface area contributed by atoms with Crippen LogP contribution in [0.25, 0.3) is 0 Å². The van der Waals surface area contributed by atoms with Gasteiger partial charge >= 0.3 is 0 Å². The molecular formula is C8H16N2O5S2. The molecule has 0 aliphatic heterocycles. The van der Waals surface area contributed by atoms with Gasteiger partial charge in [-0.1, -0.05) is 10.3 Å². The lowest BCUT2D eigenvalue weighted by Crippen LogP contribution is -2.51. The molecule has 0 aromatic rings. The average Bonchev–Trinajstić information content (AvgIpc) is 1.96. The molecule has 7 nitrogen and oxygen atoms in total. The summed E-state index contributed by atoms with van der Waals surface area (Å²) in [5, 5.41) is 2.22. The van der Waals surface area contributed by atoms with Crippen LogP contribution in [0.2, 0.25) is 0 Å². The van der Waals surface area contributed by atoms with Gasteiger partial charge in [0.15, 0.2) is 0 Å². The Morgan fingerprint density at radius 1 is 1.18 bits per heavy atom. The molecular weight excluding hydrogens is 268 g/mol. The first-order valence-electron chi connectivity index (χ1n) is 4.53. The van der Waals surface area contributed by atoms with Gasteiger partial charge in [0.2, 0.25) is 26.0 Å². The first-order chi connectivity index (χ1) is 7.37. The lowest BCUT2D eigenvalue weighted by Gasteiger charge is -2.25. The molecule has 1 atom stereocenters. The number of amides is 1. The molecule has 9 heteroatoms. The lowest BCUT2D eigenvalue weighted by molar-refractivity contribution is -0.118. The second kappa shape index (κ2) is 5.15. The predicted molar refractivity (Wildman–Crippen MR) is 63.9 cm³/mol. The minimum atomic E-state index is -3.99. The summed E-state index contributed by atoms with van der Waals surface area (Å²) >= 11 is 0. The van der Waals surface area contributed by atoms with Crippen LogP contribution < -0.4 is 5.32 Å². The van der Waals surface area contributed by atoms with Crippen LogP contribution in [0.1, 0.15) is 13.8 Å². The van der Waals surface area contributed by atoms with E-state index >= 15 is 0 Å². The molecule has 0 radical (unpaired) electrons. The average molecular weight is 284 g/mol. The standard InChI is InChI=1S/C8H16N2O5S2/c1-6(2)8(11)9-7(3)10(16(4,12)13)17(5,14)15/h7H,1H2,2-5H3,(H,9,11). The highest BCUT2D eigenvalue weighted by Crippen LogP contribution is 2.09. The number of carbonyl (C=O) groups excluding carboxylic acids is 1. The van der Waals surface area contributed by atoms with Crippen molar-refractivity contribution in [3.63, 3.8) is 0 Å². The summed E-state index contributed by atoms with van der Waals surface area (Å²) < 4.78 is 45.6. The van der Waals surface area contributed by atoms with E-state index in [1.807, 2.05) is 0 Å². The molecule has 0 fully saturated rings. The SMILES string of the molecule is C=C(C)C(=O)NC(C)N(S(C)(=O)=O)S(C)(=O)=O. The summed E-state index contributed by atoms with van der Waals surface area (Å²) in [4.78, 5) is 11.3. The highest BCUT2D eigenvalue weighted by Gasteiger charge is 2.33. The Bertz CT molecular complexity index is 488. The van der Waals surface area contributed by atoms with Gasteiger partial charge in [0, 0.05) is 5.57 Å². The van der Waals surface area contributed by atoms with Crippen LogP contribution in [0.3, 0.4) is 0 Å². The molecule has 0 bridgehead atoms. The summed E-state index contributed by atoms with van der Waals surface area (Å²) in [6.07, 6.45) is 0.291. The molecule has 0 saturated carbocycles. The minimum Gasteiger partial charge on any atom is -0.335 e. The number of nitrogens with one attached hydrogen (secondary N) is 1. The molecule has 0 spiro atoms. The fraction of sp³-hybridized carbons (Fsp3) is 0.625. The van der Waals surface area contributed by atoms with Crippen molar-refractivity contribution in [3.05, 3.63) is 12.2 Å². The second-order valence-corrected chi connectivity index (χ2v) is 7.63. The summed E-state index contributed by atoms with van der Waals surface area (Å²) in [5.74, 6) is -0.616. The van der Waals surface area contributed by atoms with Gasteiger partial charge < -0.3 is 5.32 Å². The van der Waals surface area contributed by atoms with E-state index in [-0.39, 0.29) is 9.28 Å². The number of hydrogen-bond acceptors (Lipinski definition) is 5. The monoisotopic (exact) mass is 284 g/mol. The predicted octanol–water partition coefficient (Wildman–Crippen LogP) is -0.754. The minimum absolute atomic E-state index is 0.152. The van der Waals surface area contributed by atoms with Crippen molar-refractivity contribution in [1.29, 1.82) is 0 Å². The van der Waals surface area contributed by atoms with Crippen LogP contribution in [0.15, 0.2) is 12.2 Å². The fourth-order valence-corrected chi connectivity index (χ4v) is 4.41. The Kier molecular flexibility index (Phi) is 4.87. The Balaban J connectivity index is 5.26. The lowest BCUT2D eigenvalue weighted by atomic mass is 10.3. The number of rotatable bonds is 5. The van der Waals surface area contributed by atoms with Gasteiger partial charge in [0.25, 0.3) is 0 Å². The molecule has 0 heterocycles. The van der Waals surface area contributed by atoms with Gasteiger partial charge in [-0.05, 0) is 13.8 Å². The van der Waals surface area contributed by atoms with Crippen molar-refractivity contribution < 1.29 is 21.6 Å². The van der Waals surface area contributed by atoms with E-state index in [0.717, 1.165) is 12.5 Å². The van der Waals surface area contributed by atoms with Gasteiger partial charge in [-0.25, -0.2) is 16.8 Å². The summed E-state index contributed by atoms with van der Waals surface area (Å²) in [6.45, 7) is 6.04. The first-order valence-corrected chi connectivity index (χ1v) is 8.23. The van der Waals surface area contributed by atoms with Crippen molar-refractivity contribution in [2.45, 2.75) is 20.0 Å². The van der Waals surface area contributed by atoms with Crippen molar-refractivity contribution in [1.82, 2.24) is 9.03 Å². The Labute approximate surface area is 102 Å². The molecule has 0 aromatic heterocycles. The molecule has 17 heavy (non-hydrogen) atoms. The summed E-state index contributed by atoms with van der Waals surface area (Å²) in [6, 6.07) is 0. The normalized spacial score (nSPS) is 14.4.